The van der Waals surface area contributed by atoms with Crippen molar-refractivity contribution in [2.24, 2.45) is 0 Å². The maximum Gasteiger partial charge on any atom is 0.258 e. The highest BCUT2D eigenvalue weighted by Gasteiger charge is 2.21. The van der Waals surface area contributed by atoms with E-state index in [0.717, 1.165) is 36.6 Å². The minimum Gasteiger partial charge on any atom is -0.347 e. The molecule has 0 spiro atoms. The quantitative estimate of drug-likeness (QED) is 0.893. The molecular formula is C17H22N4OS2. The van der Waals surface area contributed by atoms with Gasteiger partial charge in [0.2, 0.25) is 10.3 Å². The molecule has 0 radical (unpaired) electrons. The highest BCUT2D eigenvalue weighted by Crippen LogP contribution is 2.31. The van der Waals surface area contributed by atoms with Crippen LogP contribution in [0.25, 0.3) is 0 Å². The van der Waals surface area contributed by atoms with Gasteiger partial charge >= 0.3 is 0 Å². The van der Waals surface area contributed by atoms with Gasteiger partial charge in [-0.25, -0.2) is 0 Å². The summed E-state index contributed by atoms with van der Waals surface area (Å²) in [5.41, 5.74) is 2.09. The van der Waals surface area contributed by atoms with Gasteiger partial charge in [-0.2, -0.15) is 0 Å². The summed E-state index contributed by atoms with van der Waals surface area (Å²) in [5, 5.41) is 15.0. The van der Waals surface area contributed by atoms with Gasteiger partial charge < -0.3 is 4.90 Å². The first-order valence-electron chi connectivity index (χ1n) is 8.80. The predicted octanol–water partition coefficient (Wildman–Crippen LogP) is 4.11. The Balaban J connectivity index is 1.45. The predicted molar refractivity (Wildman–Crippen MR) is 99.5 cm³/mol. The molecule has 2 aromatic heterocycles. The molecule has 0 unspecified atom stereocenters. The number of aryl methyl sites for hydroxylation is 1. The molecule has 128 valence electrons. The lowest BCUT2D eigenvalue weighted by Crippen LogP contribution is -2.23. The summed E-state index contributed by atoms with van der Waals surface area (Å²) in [5.74, 6) is -0.0343. The number of anilines is 2. The van der Waals surface area contributed by atoms with Crippen molar-refractivity contribution >= 4 is 38.8 Å². The number of hydrogen-bond donors (Lipinski definition) is 1. The van der Waals surface area contributed by atoms with Gasteiger partial charge in [-0.15, -0.1) is 21.5 Å². The van der Waals surface area contributed by atoms with E-state index in [-0.39, 0.29) is 5.91 Å². The van der Waals surface area contributed by atoms with Crippen LogP contribution in [0.1, 0.15) is 59.3 Å². The molecule has 1 aliphatic carbocycles. The van der Waals surface area contributed by atoms with Crippen LogP contribution in [0.3, 0.4) is 0 Å². The fourth-order valence-corrected chi connectivity index (χ4v) is 5.42. The normalized spacial score (nSPS) is 18.1. The Labute approximate surface area is 150 Å². The van der Waals surface area contributed by atoms with Gasteiger partial charge in [0, 0.05) is 23.3 Å². The molecule has 0 saturated carbocycles. The van der Waals surface area contributed by atoms with Crippen molar-refractivity contribution in [3.8, 4) is 0 Å². The van der Waals surface area contributed by atoms with Gasteiger partial charge in [0.15, 0.2) is 0 Å². The number of amides is 1. The van der Waals surface area contributed by atoms with Crippen LogP contribution in [0.4, 0.5) is 10.3 Å². The molecule has 3 heterocycles. The second-order valence-corrected chi connectivity index (χ2v) is 8.42. The van der Waals surface area contributed by atoms with Crippen LogP contribution in [0.2, 0.25) is 0 Å². The van der Waals surface area contributed by atoms with Gasteiger partial charge in [0.25, 0.3) is 5.91 Å². The van der Waals surface area contributed by atoms with Crippen LogP contribution in [0.15, 0.2) is 5.38 Å². The van der Waals surface area contributed by atoms with Gasteiger partial charge in [0.05, 0.1) is 5.56 Å². The summed E-state index contributed by atoms with van der Waals surface area (Å²) in [6, 6.07) is 0. The first-order valence-corrected chi connectivity index (χ1v) is 10.5. The molecule has 4 rings (SSSR count). The number of carbonyl (C=O) groups excluding carboxylic acids is 1. The minimum absolute atomic E-state index is 0.0343. The number of nitrogens with zero attached hydrogens (tertiary/aromatic N) is 3. The summed E-state index contributed by atoms with van der Waals surface area (Å²) in [6.45, 7) is 2.08. The van der Waals surface area contributed by atoms with E-state index in [0.29, 0.717) is 5.13 Å². The van der Waals surface area contributed by atoms with Crippen molar-refractivity contribution in [3.05, 3.63) is 21.4 Å². The number of aromatic nitrogens is 2. The first-order chi connectivity index (χ1) is 11.8. The minimum atomic E-state index is -0.0343. The van der Waals surface area contributed by atoms with E-state index in [1.807, 2.05) is 5.38 Å². The molecule has 0 bridgehead atoms. The third-order valence-corrected chi connectivity index (χ3v) is 6.81. The van der Waals surface area contributed by atoms with E-state index in [4.69, 9.17) is 0 Å². The highest BCUT2D eigenvalue weighted by molar-refractivity contribution is 7.19. The smallest absolute Gasteiger partial charge is 0.258 e. The van der Waals surface area contributed by atoms with Crippen LogP contribution in [0.5, 0.6) is 0 Å². The molecule has 1 aliphatic heterocycles. The lowest BCUT2D eigenvalue weighted by atomic mass is 9.96. The zero-order valence-corrected chi connectivity index (χ0v) is 15.3. The zero-order valence-electron chi connectivity index (χ0n) is 13.7. The first kappa shape index (κ1) is 16.0. The van der Waals surface area contributed by atoms with Gasteiger partial charge in [0.1, 0.15) is 0 Å². The zero-order chi connectivity index (χ0) is 16.4. The van der Waals surface area contributed by atoms with Crippen LogP contribution in [0, 0.1) is 0 Å². The van der Waals surface area contributed by atoms with Gasteiger partial charge in [-0.05, 0) is 44.1 Å². The van der Waals surface area contributed by atoms with E-state index < -0.39 is 0 Å². The molecule has 1 amide bonds. The van der Waals surface area contributed by atoms with Crippen molar-refractivity contribution in [2.45, 2.75) is 51.4 Å². The Kier molecular flexibility index (Phi) is 4.80. The Hall–Kier alpha value is -1.47. The van der Waals surface area contributed by atoms with Crippen molar-refractivity contribution in [2.75, 3.05) is 23.3 Å². The molecule has 2 aromatic rings. The largest absolute Gasteiger partial charge is 0.347 e. The molecule has 24 heavy (non-hydrogen) atoms. The number of carbonyl (C=O) groups is 1. The van der Waals surface area contributed by atoms with Crippen molar-refractivity contribution < 1.29 is 4.79 Å². The average Bonchev–Trinajstić information content (AvgIpc) is 3.14. The molecule has 5 nitrogen and oxygen atoms in total. The Morgan fingerprint density at radius 2 is 1.83 bits per heavy atom. The summed E-state index contributed by atoms with van der Waals surface area (Å²) in [7, 11) is 0. The lowest BCUT2D eigenvalue weighted by Gasteiger charge is -2.17. The van der Waals surface area contributed by atoms with Crippen molar-refractivity contribution in [1.82, 2.24) is 10.2 Å². The van der Waals surface area contributed by atoms with Gasteiger partial charge in [-0.1, -0.05) is 24.2 Å². The highest BCUT2D eigenvalue weighted by atomic mass is 32.1. The number of thiophene rings is 1. The molecule has 0 atom stereocenters. The van der Waals surface area contributed by atoms with E-state index in [1.54, 1.807) is 11.3 Å². The van der Waals surface area contributed by atoms with Gasteiger partial charge in [-0.3, -0.25) is 10.1 Å². The molecule has 1 fully saturated rings. The maximum atomic E-state index is 12.6. The SMILES string of the molecule is O=C(Nc1nnc(N2CCCCCC2)s1)c1csc2c1CCCC2. The van der Waals surface area contributed by atoms with Crippen molar-refractivity contribution in [1.29, 1.82) is 0 Å². The summed E-state index contributed by atoms with van der Waals surface area (Å²) in [4.78, 5) is 16.3. The van der Waals surface area contributed by atoms with Crippen LogP contribution in [-0.2, 0) is 12.8 Å². The Bertz CT molecular complexity index is 716. The molecule has 7 heteroatoms. The summed E-state index contributed by atoms with van der Waals surface area (Å²) < 4.78 is 0. The third-order valence-electron chi connectivity index (χ3n) is 4.82. The molecule has 0 aromatic carbocycles. The topological polar surface area (TPSA) is 58.1 Å². The maximum absolute atomic E-state index is 12.6. The number of hydrogen-bond acceptors (Lipinski definition) is 6. The van der Waals surface area contributed by atoms with E-state index in [1.165, 1.54) is 60.3 Å². The number of nitrogens with one attached hydrogen (secondary N) is 1. The average molecular weight is 363 g/mol. The molecule has 1 saturated heterocycles. The van der Waals surface area contributed by atoms with Crippen LogP contribution >= 0.6 is 22.7 Å². The standard InChI is InChI=1S/C17H22N4OS2/c22-15(13-11-23-14-8-4-3-7-12(13)14)18-16-19-20-17(24-16)21-9-5-1-2-6-10-21/h11H,1-10H2,(H,18,19,22). The second-order valence-electron chi connectivity index (χ2n) is 6.50. The van der Waals surface area contributed by atoms with Crippen LogP contribution < -0.4 is 10.2 Å². The monoisotopic (exact) mass is 362 g/mol. The fraction of sp³-hybridized carbons (Fsp3) is 0.588. The lowest BCUT2D eigenvalue weighted by molar-refractivity contribution is 0.102. The van der Waals surface area contributed by atoms with Crippen LogP contribution in [-0.4, -0.2) is 29.2 Å². The third kappa shape index (κ3) is 3.32. The van der Waals surface area contributed by atoms with Crippen molar-refractivity contribution in [3.63, 3.8) is 0 Å². The second kappa shape index (κ2) is 7.19. The fourth-order valence-electron chi connectivity index (χ4n) is 3.50. The van der Waals surface area contributed by atoms with E-state index >= 15 is 0 Å². The Morgan fingerprint density at radius 1 is 1.04 bits per heavy atom. The number of rotatable bonds is 3. The van der Waals surface area contributed by atoms with E-state index in [9.17, 15) is 4.79 Å². The molecule has 1 N–H and O–H groups in total. The molecule has 2 aliphatic rings. The summed E-state index contributed by atoms with van der Waals surface area (Å²) >= 11 is 3.21. The summed E-state index contributed by atoms with van der Waals surface area (Å²) in [6.07, 6.45) is 9.57. The van der Waals surface area contributed by atoms with E-state index in [2.05, 4.69) is 20.4 Å². The number of fused-ring (bicyclic) bond motifs is 1. The molecular weight excluding hydrogens is 340 g/mol. The Morgan fingerprint density at radius 3 is 2.67 bits per heavy atom.